The van der Waals surface area contributed by atoms with Gasteiger partial charge < -0.3 is 10.4 Å². The summed E-state index contributed by atoms with van der Waals surface area (Å²) in [6, 6.07) is 5.66. The fraction of sp³-hybridized carbons (Fsp3) is 0.0769. The first-order valence-corrected chi connectivity index (χ1v) is 6.18. The first-order valence-electron chi connectivity index (χ1n) is 5.39. The molecule has 0 radical (unpaired) electrons. The summed E-state index contributed by atoms with van der Waals surface area (Å²) in [5.41, 5.74) is 1.32. The van der Waals surface area contributed by atoms with Gasteiger partial charge in [0.2, 0.25) is 0 Å². The van der Waals surface area contributed by atoms with Crippen molar-refractivity contribution in [2.45, 2.75) is 6.92 Å². The summed E-state index contributed by atoms with van der Waals surface area (Å²) < 4.78 is 13.6. The van der Waals surface area contributed by atoms with Gasteiger partial charge in [0.05, 0.1) is 0 Å². The molecule has 98 valence electrons. The third-order valence-electron chi connectivity index (χ3n) is 2.53. The van der Waals surface area contributed by atoms with E-state index in [0.717, 1.165) is 0 Å². The smallest absolute Gasteiger partial charge is 0.339 e. The van der Waals surface area contributed by atoms with Crippen LogP contribution in [0.25, 0.3) is 0 Å². The molecule has 1 heterocycles. The van der Waals surface area contributed by atoms with Gasteiger partial charge in [0.15, 0.2) is 0 Å². The number of aromatic carboxylic acids is 1. The molecule has 0 fully saturated rings. The zero-order valence-corrected chi connectivity index (χ0v) is 11.5. The number of aromatic nitrogens is 1. The average Bonchev–Trinajstić information content (AvgIpc) is 2.34. The lowest BCUT2D eigenvalue weighted by Gasteiger charge is -2.11. The molecule has 1 aromatic heterocycles. The minimum atomic E-state index is -1.09. The van der Waals surface area contributed by atoms with Crippen LogP contribution in [0.3, 0.4) is 0 Å². The van der Waals surface area contributed by atoms with Crippen molar-refractivity contribution in [3.05, 3.63) is 51.9 Å². The summed E-state index contributed by atoms with van der Waals surface area (Å²) in [5, 5.41) is 12.0. The number of pyridine rings is 1. The molecule has 0 unspecified atom stereocenters. The van der Waals surface area contributed by atoms with Crippen molar-refractivity contribution in [2.24, 2.45) is 0 Å². The molecule has 2 rings (SSSR count). The number of carboxylic acid groups (broad SMARTS) is 1. The van der Waals surface area contributed by atoms with Gasteiger partial charge in [0.1, 0.15) is 17.2 Å². The van der Waals surface area contributed by atoms with Gasteiger partial charge in [-0.05, 0) is 52.7 Å². The van der Waals surface area contributed by atoms with Crippen LogP contribution in [0.2, 0.25) is 0 Å². The lowest BCUT2D eigenvalue weighted by molar-refractivity contribution is 0.0697. The number of hydrogen-bond donors (Lipinski definition) is 2. The number of benzene rings is 1. The van der Waals surface area contributed by atoms with E-state index in [1.807, 2.05) is 0 Å². The molecule has 0 saturated heterocycles. The van der Waals surface area contributed by atoms with Gasteiger partial charge in [0.25, 0.3) is 0 Å². The van der Waals surface area contributed by atoms with Crippen molar-refractivity contribution < 1.29 is 14.3 Å². The molecule has 0 bridgehead atoms. The van der Waals surface area contributed by atoms with Gasteiger partial charge in [-0.3, -0.25) is 0 Å². The predicted octanol–water partition coefficient (Wildman–Crippen LogP) is 3.73. The van der Waals surface area contributed by atoms with Crippen molar-refractivity contribution >= 4 is 33.4 Å². The third kappa shape index (κ3) is 3.08. The van der Waals surface area contributed by atoms with Crippen LogP contribution in [0.5, 0.6) is 0 Å². The normalized spacial score (nSPS) is 10.3. The van der Waals surface area contributed by atoms with E-state index in [1.165, 1.54) is 24.4 Å². The predicted molar refractivity (Wildman–Crippen MR) is 73.3 cm³/mol. The third-order valence-corrected chi connectivity index (χ3v) is 2.96. The average molecular weight is 325 g/mol. The van der Waals surface area contributed by atoms with Crippen LogP contribution >= 0.6 is 15.9 Å². The maximum atomic E-state index is 13.0. The number of nitrogens with one attached hydrogen (secondary N) is 1. The van der Waals surface area contributed by atoms with E-state index < -0.39 is 5.97 Å². The Bertz CT molecular complexity index is 647. The topological polar surface area (TPSA) is 62.2 Å². The first-order chi connectivity index (χ1) is 8.97. The van der Waals surface area contributed by atoms with Crippen LogP contribution in [-0.2, 0) is 0 Å². The zero-order chi connectivity index (χ0) is 14.0. The van der Waals surface area contributed by atoms with Gasteiger partial charge in [-0.15, -0.1) is 0 Å². The fourth-order valence-electron chi connectivity index (χ4n) is 1.60. The minimum Gasteiger partial charge on any atom is -0.478 e. The Hall–Kier alpha value is -1.95. The van der Waals surface area contributed by atoms with Gasteiger partial charge in [-0.2, -0.15) is 0 Å². The van der Waals surface area contributed by atoms with Crippen LogP contribution in [0.15, 0.2) is 34.9 Å². The standard InChI is InChI=1S/C13H10BrFN2O2/c1-7-4-9(15)2-3-11(7)17-12-10(13(18)19)5-8(14)6-16-12/h2-6H,1H3,(H,16,17)(H,18,19). The van der Waals surface area contributed by atoms with Gasteiger partial charge in [-0.1, -0.05) is 0 Å². The van der Waals surface area contributed by atoms with Crippen molar-refractivity contribution in [1.29, 1.82) is 0 Å². The largest absolute Gasteiger partial charge is 0.478 e. The summed E-state index contributed by atoms with van der Waals surface area (Å²) in [7, 11) is 0. The van der Waals surface area contributed by atoms with Gasteiger partial charge in [-0.25, -0.2) is 14.2 Å². The molecule has 0 aliphatic carbocycles. The number of carbonyl (C=O) groups is 1. The molecule has 1 aromatic carbocycles. The quantitative estimate of drug-likeness (QED) is 0.902. The monoisotopic (exact) mass is 324 g/mol. The molecule has 2 N–H and O–H groups in total. The second-order valence-electron chi connectivity index (χ2n) is 3.94. The van der Waals surface area contributed by atoms with E-state index in [9.17, 15) is 9.18 Å². The van der Waals surface area contributed by atoms with E-state index in [2.05, 4.69) is 26.2 Å². The molecule has 0 amide bonds. The zero-order valence-electron chi connectivity index (χ0n) is 9.95. The number of carboxylic acids is 1. The second kappa shape index (κ2) is 5.36. The molecular formula is C13H10BrFN2O2. The fourth-order valence-corrected chi connectivity index (χ4v) is 1.93. The molecular weight excluding hydrogens is 315 g/mol. The van der Waals surface area contributed by atoms with E-state index in [0.29, 0.717) is 15.7 Å². The van der Waals surface area contributed by atoms with E-state index in [4.69, 9.17) is 5.11 Å². The van der Waals surface area contributed by atoms with Crippen molar-refractivity contribution in [1.82, 2.24) is 4.98 Å². The van der Waals surface area contributed by atoms with Crippen LogP contribution < -0.4 is 5.32 Å². The van der Waals surface area contributed by atoms with Crippen LogP contribution in [-0.4, -0.2) is 16.1 Å². The SMILES string of the molecule is Cc1cc(F)ccc1Nc1ncc(Br)cc1C(=O)O. The van der Waals surface area contributed by atoms with Crippen molar-refractivity contribution in [3.63, 3.8) is 0 Å². The highest BCUT2D eigenvalue weighted by atomic mass is 79.9. The number of hydrogen-bond acceptors (Lipinski definition) is 3. The number of anilines is 2. The maximum Gasteiger partial charge on any atom is 0.339 e. The molecule has 0 saturated carbocycles. The lowest BCUT2D eigenvalue weighted by atomic mass is 10.2. The molecule has 0 aliphatic heterocycles. The minimum absolute atomic E-state index is 0.0399. The lowest BCUT2D eigenvalue weighted by Crippen LogP contribution is -2.05. The molecule has 19 heavy (non-hydrogen) atoms. The highest BCUT2D eigenvalue weighted by Gasteiger charge is 2.13. The Kier molecular flexibility index (Phi) is 3.80. The summed E-state index contributed by atoms with van der Waals surface area (Å²) in [6.07, 6.45) is 1.49. The molecule has 0 aliphatic rings. The summed E-state index contributed by atoms with van der Waals surface area (Å²) in [5.74, 6) is -1.22. The van der Waals surface area contributed by atoms with Crippen molar-refractivity contribution in [2.75, 3.05) is 5.32 Å². The number of nitrogens with zero attached hydrogens (tertiary/aromatic N) is 1. The Morgan fingerprint density at radius 3 is 2.79 bits per heavy atom. The van der Waals surface area contributed by atoms with Crippen molar-refractivity contribution in [3.8, 4) is 0 Å². The van der Waals surface area contributed by atoms with E-state index in [1.54, 1.807) is 13.0 Å². The number of aryl methyl sites for hydroxylation is 1. The van der Waals surface area contributed by atoms with E-state index in [-0.39, 0.29) is 17.2 Å². The Balaban J connectivity index is 2.40. The Morgan fingerprint density at radius 2 is 2.16 bits per heavy atom. The second-order valence-corrected chi connectivity index (χ2v) is 4.85. The maximum absolute atomic E-state index is 13.0. The first kappa shape index (κ1) is 13.5. The van der Waals surface area contributed by atoms with Gasteiger partial charge in [0, 0.05) is 16.4 Å². The highest BCUT2D eigenvalue weighted by molar-refractivity contribution is 9.10. The van der Waals surface area contributed by atoms with Crippen LogP contribution in [0.1, 0.15) is 15.9 Å². The number of halogens is 2. The molecule has 0 atom stereocenters. The van der Waals surface area contributed by atoms with E-state index >= 15 is 0 Å². The van der Waals surface area contributed by atoms with Crippen LogP contribution in [0, 0.1) is 12.7 Å². The highest BCUT2D eigenvalue weighted by Crippen LogP contribution is 2.24. The Labute approximate surface area is 117 Å². The molecule has 6 heteroatoms. The number of rotatable bonds is 3. The van der Waals surface area contributed by atoms with Gasteiger partial charge >= 0.3 is 5.97 Å². The Morgan fingerprint density at radius 1 is 1.42 bits per heavy atom. The summed E-state index contributed by atoms with van der Waals surface area (Å²) >= 11 is 3.17. The molecule has 2 aromatic rings. The summed E-state index contributed by atoms with van der Waals surface area (Å²) in [6.45, 7) is 1.73. The van der Waals surface area contributed by atoms with Crippen LogP contribution in [0.4, 0.5) is 15.9 Å². The summed E-state index contributed by atoms with van der Waals surface area (Å²) in [4.78, 5) is 15.2. The molecule has 0 spiro atoms. The molecule has 4 nitrogen and oxygen atoms in total.